The van der Waals surface area contributed by atoms with Gasteiger partial charge in [-0.1, -0.05) is 12.8 Å². The van der Waals surface area contributed by atoms with Crippen LogP contribution in [0.1, 0.15) is 39.0 Å². The van der Waals surface area contributed by atoms with E-state index < -0.39 is 5.60 Å². The summed E-state index contributed by atoms with van der Waals surface area (Å²) in [5, 5.41) is 13.3. The molecule has 0 atom stereocenters. The van der Waals surface area contributed by atoms with Crippen LogP contribution < -0.4 is 5.32 Å². The lowest BCUT2D eigenvalue weighted by atomic mass is 10.0. The minimum absolute atomic E-state index is 0.411. The lowest BCUT2D eigenvalue weighted by molar-refractivity contribution is 0.0470. The summed E-state index contributed by atoms with van der Waals surface area (Å²) in [5.74, 6) is 0. The topological polar surface area (TPSA) is 41.5 Å². The van der Waals surface area contributed by atoms with Crippen molar-refractivity contribution in [1.82, 2.24) is 5.32 Å². The predicted molar refractivity (Wildman–Crippen MR) is 57.4 cm³/mol. The Morgan fingerprint density at radius 2 is 2.07 bits per heavy atom. The summed E-state index contributed by atoms with van der Waals surface area (Å²) in [4.78, 5) is 0. The normalized spacial score (nSPS) is 20.1. The van der Waals surface area contributed by atoms with E-state index in [4.69, 9.17) is 4.74 Å². The number of nitrogens with one attached hydrogen (secondary N) is 1. The maximum Gasteiger partial charge on any atom is 0.0771 e. The van der Waals surface area contributed by atoms with E-state index in [2.05, 4.69) is 5.32 Å². The average Bonchev–Trinajstić information content (AvgIpc) is 2.59. The molecule has 0 saturated heterocycles. The molecule has 1 rings (SSSR count). The Labute approximate surface area is 86.8 Å². The van der Waals surface area contributed by atoms with Gasteiger partial charge in [0.15, 0.2) is 0 Å². The standard InChI is InChI=1S/C11H23NO2/c1-2-14-9-5-8-12-10-11(13)6-3-4-7-11/h12-13H,2-10H2,1H3. The van der Waals surface area contributed by atoms with Crippen LogP contribution in [0.2, 0.25) is 0 Å². The monoisotopic (exact) mass is 201 g/mol. The molecule has 1 aliphatic carbocycles. The van der Waals surface area contributed by atoms with Crippen LogP contribution in [0.3, 0.4) is 0 Å². The Hall–Kier alpha value is -0.120. The van der Waals surface area contributed by atoms with Gasteiger partial charge in [0.2, 0.25) is 0 Å². The predicted octanol–water partition coefficient (Wildman–Crippen LogP) is 1.31. The average molecular weight is 201 g/mol. The Balaban J connectivity index is 1.92. The van der Waals surface area contributed by atoms with E-state index in [-0.39, 0.29) is 0 Å². The molecule has 0 aromatic heterocycles. The second-order valence-electron chi connectivity index (χ2n) is 4.16. The van der Waals surface area contributed by atoms with Crippen LogP contribution in [0.15, 0.2) is 0 Å². The maximum atomic E-state index is 10.0. The molecular weight excluding hydrogens is 178 g/mol. The fraction of sp³-hybridized carbons (Fsp3) is 1.00. The first-order valence-corrected chi connectivity index (χ1v) is 5.78. The van der Waals surface area contributed by atoms with E-state index in [1.165, 1.54) is 12.8 Å². The number of ether oxygens (including phenoxy) is 1. The SMILES string of the molecule is CCOCCCNCC1(O)CCCC1. The van der Waals surface area contributed by atoms with Gasteiger partial charge < -0.3 is 15.2 Å². The second-order valence-corrected chi connectivity index (χ2v) is 4.16. The van der Waals surface area contributed by atoms with Crippen molar-refractivity contribution in [2.45, 2.75) is 44.6 Å². The minimum Gasteiger partial charge on any atom is -0.389 e. The molecule has 0 radical (unpaired) electrons. The van der Waals surface area contributed by atoms with Crippen molar-refractivity contribution in [2.75, 3.05) is 26.3 Å². The first-order chi connectivity index (χ1) is 6.77. The van der Waals surface area contributed by atoms with Gasteiger partial charge in [0, 0.05) is 19.8 Å². The smallest absolute Gasteiger partial charge is 0.0771 e. The zero-order valence-corrected chi connectivity index (χ0v) is 9.22. The number of rotatable bonds is 7. The third-order valence-corrected chi connectivity index (χ3v) is 2.83. The summed E-state index contributed by atoms with van der Waals surface area (Å²) in [6, 6.07) is 0. The van der Waals surface area contributed by atoms with Crippen LogP contribution in [0, 0.1) is 0 Å². The fourth-order valence-electron chi connectivity index (χ4n) is 1.97. The van der Waals surface area contributed by atoms with Gasteiger partial charge in [-0.2, -0.15) is 0 Å². The van der Waals surface area contributed by atoms with E-state index in [9.17, 15) is 5.11 Å². The van der Waals surface area contributed by atoms with E-state index in [1.54, 1.807) is 0 Å². The van der Waals surface area contributed by atoms with Gasteiger partial charge in [-0.25, -0.2) is 0 Å². The fourth-order valence-corrected chi connectivity index (χ4v) is 1.97. The molecule has 0 spiro atoms. The lowest BCUT2D eigenvalue weighted by Crippen LogP contribution is -2.38. The van der Waals surface area contributed by atoms with Crippen LogP contribution in [0.25, 0.3) is 0 Å². The van der Waals surface area contributed by atoms with Gasteiger partial charge in [0.25, 0.3) is 0 Å². The molecule has 1 fully saturated rings. The molecule has 0 heterocycles. The molecule has 0 amide bonds. The molecule has 1 saturated carbocycles. The van der Waals surface area contributed by atoms with Gasteiger partial charge >= 0.3 is 0 Å². The minimum atomic E-state index is -0.411. The first kappa shape index (κ1) is 12.0. The molecular formula is C11H23NO2. The molecule has 3 heteroatoms. The first-order valence-electron chi connectivity index (χ1n) is 5.78. The zero-order chi connectivity index (χ0) is 10.3. The molecule has 0 aromatic rings. The summed E-state index contributed by atoms with van der Waals surface area (Å²) in [6.07, 6.45) is 5.31. The van der Waals surface area contributed by atoms with Crippen LogP contribution in [0.4, 0.5) is 0 Å². The molecule has 0 aromatic carbocycles. The van der Waals surface area contributed by atoms with Crippen molar-refractivity contribution in [3.05, 3.63) is 0 Å². The van der Waals surface area contributed by atoms with Gasteiger partial charge in [-0.05, 0) is 32.7 Å². The van der Waals surface area contributed by atoms with Crippen molar-refractivity contribution in [3.8, 4) is 0 Å². The largest absolute Gasteiger partial charge is 0.389 e. The highest BCUT2D eigenvalue weighted by Gasteiger charge is 2.30. The van der Waals surface area contributed by atoms with Crippen LogP contribution in [0.5, 0.6) is 0 Å². The van der Waals surface area contributed by atoms with Gasteiger partial charge in [0.05, 0.1) is 5.60 Å². The van der Waals surface area contributed by atoms with E-state index in [0.29, 0.717) is 0 Å². The molecule has 3 nitrogen and oxygen atoms in total. The van der Waals surface area contributed by atoms with Crippen LogP contribution >= 0.6 is 0 Å². The maximum absolute atomic E-state index is 10.0. The third-order valence-electron chi connectivity index (χ3n) is 2.83. The Bertz CT molecular complexity index is 144. The second kappa shape index (κ2) is 6.38. The van der Waals surface area contributed by atoms with Gasteiger partial charge in [-0.3, -0.25) is 0 Å². The molecule has 2 N–H and O–H groups in total. The third kappa shape index (κ3) is 4.40. The van der Waals surface area contributed by atoms with Crippen molar-refractivity contribution in [3.63, 3.8) is 0 Å². The summed E-state index contributed by atoms with van der Waals surface area (Å²) in [6.45, 7) is 5.32. The van der Waals surface area contributed by atoms with Crippen LogP contribution in [-0.2, 0) is 4.74 Å². The van der Waals surface area contributed by atoms with Crippen molar-refractivity contribution in [2.24, 2.45) is 0 Å². The molecule has 1 aliphatic rings. The van der Waals surface area contributed by atoms with Crippen molar-refractivity contribution in [1.29, 1.82) is 0 Å². The quantitative estimate of drug-likeness (QED) is 0.610. The molecule has 0 unspecified atom stereocenters. The van der Waals surface area contributed by atoms with Crippen molar-refractivity contribution < 1.29 is 9.84 Å². The Morgan fingerprint density at radius 1 is 1.36 bits per heavy atom. The van der Waals surface area contributed by atoms with Gasteiger partial charge in [0.1, 0.15) is 0 Å². The summed E-state index contributed by atoms with van der Waals surface area (Å²) in [7, 11) is 0. The highest BCUT2D eigenvalue weighted by atomic mass is 16.5. The number of hydrogen-bond donors (Lipinski definition) is 2. The van der Waals surface area contributed by atoms with Gasteiger partial charge in [-0.15, -0.1) is 0 Å². The highest BCUT2D eigenvalue weighted by molar-refractivity contribution is 4.85. The van der Waals surface area contributed by atoms with E-state index >= 15 is 0 Å². The Kier molecular flexibility index (Phi) is 5.45. The molecule has 84 valence electrons. The number of hydrogen-bond acceptors (Lipinski definition) is 3. The highest BCUT2D eigenvalue weighted by Crippen LogP contribution is 2.28. The molecule has 0 bridgehead atoms. The van der Waals surface area contributed by atoms with Crippen LogP contribution in [-0.4, -0.2) is 37.0 Å². The Morgan fingerprint density at radius 3 is 2.71 bits per heavy atom. The summed E-state index contributed by atoms with van der Waals surface area (Å²) in [5.41, 5.74) is -0.411. The summed E-state index contributed by atoms with van der Waals surface area (Å²) < 4.78 is 5.23. The zero-order valence-electron chi connectivity index (χ0n) is 9.22. The van der Waals surface area contributed by atoms with E-state index in [0.717, 1.165) is 45.6 Å². The number of aliphatic hydroxyl groups is 1. The van der Waals surface area contributed by atoms with Crippen molar-refractivity contribution >= 4 is 0 Å². The molecule has 14 heavy (non-hydrogen) atoms. The van der Waals surface area contributed by atoms with E-state index in [1.807, 2.05) is 6.92 Å². The molecule has 0 aliphatic heterocycles. The summed E-state index contributed by atoms with van der Waals surface area (Å²) >= 11 is 0. The lowest BCUT2D eigenvalue weighted by Gasteiger charge is -2.22.